The SMILES string of the molecule is CCNc1cc(N2CCC[C@H]2C(=O)OC(C)(C)C)nc(C(F)(F)F)n1. The van der Waals surface area contributed by atoms with E-state index in [0.29, 0.717) is 25.9 Å². The lowest BCUT2D eigenvalue weighted by atomic mass is 10.1. The minimum atomic E-state index is -4.67. The number of nitrogens with zero attached hydrogens (tertiary/aromatic N) is 3. The number of carbonyl (C=O) groups is 1. The van der Waals surface area contributed by atoms with Crippen LogP contribution in [0.5, 0.6) is 0 Å². The molecule has 2 heterocycles. The smallest absolute Gasteiger partial charge is 0.451 e. The second-order valence-electron chi connectivity index (χ2n) is 6.85. The molecule has 0 aromatic carbocycles. The molecule has 1 fully saturated rings. The maximum Gasteiger partial charge on any atom is 0.451 e. The number of esters is 1. The first kappa shape index (κ1) is 19.3. The molecule has 1 atom stereocenters. The van der Waals surface area contributed by atoms with Crippen molar-refractivity contribution in [3.05, 3.63) is 11.9 Å². The molecule has 0 unspecified atom stereocenters. The minimum absolute atomic E-state index is 0.0756. The minimum Gasteiger partial charge on any atom is -0.458 e. The molecular weight excluding hydrogens is 337 g/mol. The van der Waals surface area contributed by atoms with Crippen molar-refractivity contribution in [2.24, 2.45) is 0 Å². The third-order valence-corrected chi connectivity index (χ3v) is 3.55. The van der Waals surface area contributed by atoms with Gasteiger partial charge in [0.15, 0.2) is 0 Å². The Kier molecular flexibility index (Phi) is 5.43. The summed E-state index contributed by atoms with van der Waals surface area (Å²) in [6.45, 7) is 7.86. The highest BCUT2D eigenvalue weighted by atomic mass is 19.4. The molecule has 140 valence electrons. The van der Waals surface area contributed by atoms with E-state index in [4.69, 9.17) is 4.74 Å². The molecule has 1 aromatic rings. The van der Waals surface area contributed by atoms with E-state index in [1.54, 1.807) is 32.6 Å². The molecule has 6 nitrogen and oxygen atoms in total. The zero-order chi connectivity index (χ0) is 18.8. The van der Waals surface area contributed by atoms with Gasteiger partial charge in [0, 0.05) is 19.2 Å². The summed E-state index contributed by atoms with van der Waals surface area (Å²) in [5, 5.41) is 2.77. The first-order valence-electron chi connectivity index (χ1n) is 8.21. The summed E-state index contributed by atoms with van der Waals surface area (Å²) >= 11 is 0. The number of nitrogens with one attached hydrogen (secondary N) is 1. The quantitative estimate of drug-likeness (QED) is 0.832. The van der Waals surface area contributed by atoms with Gasteiger partial charge in [-0.2, -0.15) is 13.2 Å². The molecule has 2 rings (SSSR count). The molecule has 1 saturated heterocycles. The molecule has 1 aliphatic heterocycles. The molecule has 1 N–H and O–H groups in total. The van der Waals surface area contributed by atoms with Crippen LogP contribution >= 0.6 is 0 Å². The lowest BCUT2D eigenvalue weighted by Gasteiger charge is -2.28. The summed E-state index contributed by atoms with van der Waals surface area (Å²) in [7, 11) is 0. The van der Waals surface area contributed by atoms with E-state index in [1.165, 1.54) is 6.07 Å². The van der Waals surface area contributed by atoms with Crippen molar-refractivity contribution < 1.29 is 22.7 Å². The van der Waals surface area contributed by atoms with Crippen LogP contribution in [0.3, 0.4) is 0 Å². The Morgan fingerprint density at radius 1 is 1.36 bits per heavy atom. The largest absolute Gasteiger partial charge is 0.458 e. The number of rotatable bonds is 4. The molecule has 25 heavy (non-hydrogen) atoms. The summed E-state index contributed by atoms with van der Waals surface area (Å²) in [5.74, 6) is -1.53. The van der Waals surface area contributed by atoms with Crippen molar-refractivity contribution in [2.75, 3.05) is 23.3 Å². The van der Waals surface area contributed by atoms with Crippen LogP contribution < -0.4 is 10.2 Å². The Morgan fingerprint density at radius 2 is 2.04 bits per heavy atom. The number of ether oxygens (including phenoxy) is 1. The summed E-state index contributed by atoms with van der Waals surface area (Å²) < 4.78 is 44.7. The van der Waals surface area contributed by atoms with E-state index in [2.05, 4.69) is 15.3 Å². The van der Waals surface area contributed by atoms with Gasteiger partial charge in [-0.15, -0.1) is 0 Å². The van der Waals surface area contributed by atoms with Crippen LogP contribution in [0.4, 0.5) is 24.8 Å². The van der Waals surface area contributed by atoms with Crippen LogP contribution in [-0.2, 0) is 15.7 Å². The van der Waals surface area contributed by atoms with Crippen molar-refractivity contribution in [1.82, 2.24) is 9.97 Å². The number of hydrogen-bond acceptors (Lipinski definition) is 6. The molecule has 1 aromatic heterocycles. The van der Waals surface area contributed by atoms with Crippen LogP contribution in [0.1, 0.15) is 46.4 Å². The maximum atomic E-state index is 13.1. The predicted molar refractivity (Wildman–Crippen MR) is 87.4 cm³/mol. The van der Waals surface area contributed by atoms with Crippen LogP contribution in [0.15, 0.2) is 6.07 Å². The van der Waals surface area contributed by atoms with Crippen molar-refractivity contribution in [2.45, 2.75) is 58.4 Å². The number of halogens is 3. The van der Waals surface area contributed by atoms with E-state index in [9.17, 15) is 18.0 Å². The fourth-order valence-electron chi connectivity index (χ4n) is 2.64. The van der Waals surface area contributed by atoms with Crippen LogP contribution in [0.25, 0.3) is 0 Å². The van der Waals surface area contributed by atoms with Gasteiger partial charge in [0.25, 0.3) is 0 Å². The van der Waals surface area contributed by atoms with Gasteiger partial charge in [0.05, 0.1) is 0 Å². The molecule has 0 saturated carbocycles. The molecule has 0 amide bonds. The van der Waals surface area contributed by atoms with Crippen molar-refractivity contribution in [3.63, 3.8) is 0 Å². The highest BCUT2D eigenvalue weighted by molar-refractivity contribution is 5.81. The van der Waals surface area contributed by atoms with Gasteiger partial charge < -0.3 is 15.0 Å². The number of aromatic nitrogens is 2. The van der Waals surface area contributed by atoms with Crippen LogP contribution in [-0.4, -0.2) is 40.7 Å². The standard InChI is InChI=1S/C16H23F3N4O2/c1-5-20-11-9-12(22-14(21-11)16(17,18)19)23-8-6-7-10(23)13(24)25-15(2,3)4/h9-10H,5-8H2,1-4H3,(H,20,21,22)/t10-/m0/s1. The summed E-state index contributed by atoms with van der Waals surface area (Å²) in [4.78, 5) is 21.1. The van der Waals surface area contributed by atoms with Crippen molar-refractivity contribution >= 4 is 17.6 Å². The number of anilines is 2. The number of carbonyl (C=O) groups excluding carboxylic acids is 1. The average Bonchev–Trinajstić information content (AvgIpc) is 2.94. The van der Waals surface area contributed by atoms with Crippen LogP contribution in [0.2, 0.25) is 0 Å². The molecule has 0 bridgehead atoms. The predicted octanol–water partition coefficient (Wildman–Crippen LogP) is 3.24. The molecule has 0 aliphatic carbocycles. The normalized spacial score (nSPS) is 18.4. The third kappa shape index (κ3) is 4.96. The Hall–Kier alpha value is -2.06. The molecule has 1 aliphatic rings. The Balaban J connectivity index is 2.35. The Labute approximate surface area is 144 Å². The van der Waals surface area contributed by atoms with Gasteiger partial charge in [-0.1, -0.05) is 0 Å². The fraction of sp³-hybridized carbons (Fsp3) is 0.688. The maximum absolute atomic E-state index is 13.1. The first-order chi connectivity index (χ1) is 11.5. The second kappa shape index (κ2) is 7.05. The van der Waals surface area contributed by atoms with Gasteiger partial charge in [0.1, 0.15) is 23.3 Å². The van der Waals surface area contributed by atoms with E-state index in [-0.39, 0.29) is 11.6 Å². The second-order valence-corrected chi connectivity index (χ2v) is 6.85. The van der Waals surface area contributed by atoms with Crippen molar-refractivity contribution in [3.8, 4) is 0 Å². The lowest BCUT2D eigenvalue weighted by molar-refractivity contribution is -0.156. The van der Waals surface area contributed by atoms with Gasteiger partial charge >= 0.3 is 12.1 Å². The highest BCUT2D eigenvalue weighted by Gasteiger charge is 2.39. The van der Waals surface area contributed by atoms with E-state index in [1.807, 2.05) is 0 Å². The Morgan fingerprint density at radius 3 is 2.60 bits per heavy atom. The van der Waals surface area contributed by atoms with E-state index >= 15 is 0 Å². The van der Waals surface area contributed by atoms with Crippen LogP contribution in [0, 0.1) is 0 Å². The molecule has 9 heteroatoms. The molecule has 0 spiro atoms. The van der Waals surface area contributed by atoms with Gasteiger partial charge in [0.2, 0.25) is 5.82 Å². The molecule has 0 radical (unpaired) electrons. The summed E-state index contributed by atoms with van der Waals surface area (Å²) in [6.07, 6.45) is -3.48. The monoisotopic (exact) mass is 360 g/mol. The van der Waals surface area contributed by atoms with Gasteiger partial charge in [-0.25, -0.2) is 14.8 Å². The number of hydrogen-bond donors (Lipinski definition) is 1. The van der Waals surface area contributed by atoms with E-state index in [0.717, 1.165) is 0 Å². The van der Waals surface area contributed by atoms with Gasteiger partial charge in [-0.3, -0.25) is 0 Å². The molecular formula is C16H23F3N4O2. The zero-order valence-electron chi connectivity index (χ0n) is 14.8. The number of alkyl halides is 3. The van der Waals surface area contributed by atoms with Gasteiger partial charge in [-0.05, 0) is 40.5 Å². The topological polar surface area (TPSA) is 67.4 Å². The Bertz CT molecular complexity index is 629. The van der Waals surface area contributed by atoms with Crippen molar-refractivity contribution in [1.29, 1.82) is 0 Å². The zero-order valence-corrected chi connectivity index (χ0v) is 14.8. The summed E-state index contributed by atoms with van der Waals surface area (Å²) in [5.41, 5.74) is -0.664. The first-order valence-corrected chi connectivity index (χ1v) is 8.21. The van der Waals surface area contributed by atoms with E-state index < -0.39 is 29.6 Å². The lowest BCUT2D eigenvalue weighted by Crippen LogP contribution is -2.41. The average molecular weight is 360 g/mol. The highest BCUT2D eigenvalue weighted by Crippen LogP contribution is 2.32. The third-order valence-electron chi connectivity index (χ3n) is 3.55. The fourth-order valence-corrected chi connectivity index (χ4v) is 2.64. The summed E-state index contributed by atoms with van der Waals surface area (Å²) in [6, 6.07) is 0.784.